The van der Waals surface area contributed by atoms with Crippen LogP contribution in [0.4, 0.5) is 0 Å². The van der Waals surface area contributed by atoms with Crippen LogP contribution in [0.5, 0.6) is 11.5 Å². The summed E-state index contributed by atoms with van der Waals surface area (Å²) in [6.45, 7) is 9.63. The SMILES string of the molecule is Cc1cc(OCOCC[Si](C)(C)C)ccc1OB(O)O. The third-order valence-electron chi connectivity index (χ3n) is 2.68. The molecule has 0 atom stereocenters. The second-order valence-electron chi connectivity index (χ2n) is 5.85. The van der Waals surface area contributed by atoms with E-state index < -0.39 is 15.4 Å². The highest BCUT2D eigenvalue weighted by Crippen LogP contribution is 2.23. The van der Waals surface area contributed by atoms with Crippen LogP contribution >= 0.6 is 0 Å². The summed E-state index contributed by atoms with van der Waals surface area (Å²) in [5, 5.41) is 17.5. The zero-order valence-electron chi connectivity index (χ0n) is 12.5. The highest BCUT2D eigenvalue weighted by atomic mass is 28.3. The van der Waals surface area contributed by atoms with E-state index in [1.165, 1.54) is 0 Å². The molecule has 5 nitrogen and oxygen atoms in total. The average molecular weight is 298 g/mol. The van der Waals surface area contributed by atoms with E-state index in [2.05, 4.69) is 19.6 Å². The number of rotatable bonds is 8. The molecule has 1 aromatic carbocycles. The van der Waals surface area contributed by atoms with Crippen molar-refractivity contribution in [1.82, 2.24) is 0 Å². The van der Waals surface area contributed by atoms with Crippen LogP contribution in [0.3, 0.4) is 0 Å². The molecule has 0 spiro atoms. The predicted molar refractivity (Wildman–Crippen MR) is 81.6 cm³/mol. The lowest BCUT2D eigenvalue weighted by atomic mass is 10.2. The van der Waals surface area contributed by atoms with E-state index in [1.54, 1.807) is 25.1 Å². The Balaban J connectivity index is 2.36. The quantitative estimate of drug-likeness (QED) is 0.437. The highest BCUT2D eigenvalue weighted by Gasteiger charge is 2.13. The minimum atomic E-state index is -1.81. The number of aryl methyl sites for hydroxylation is 1. The van der Waals surface area contributed by atoms with Crippen LogP contribution in [0.2, 0.25) is 25.7 Å². The van der Waals surface area contributed by atoms with Gasteiger partial charge in [0, 0.05) is 14.7 Å². The third-order valence-corrected chi connectivity index (χ3v) is 4.39. The van der Waals surface area contributed by atoms with Crippen molar-refractivity contribution >= 4 is 15.4 Å². The van der Waals surface area contributed by atoms with Crippen LogP contribution in [0.15, 0.2) is 18.2 Å². The van der Waals surface area contributed by atoms with E-state index in [-0.39, 0.29) is 6.79 Å². The predicted octanol–water partition coefficient (Wildman–Crippen LogP) is 2.03. The molecule has 1 aromatic rings. The van der Waals surface area contributed by atoms with E-state index in [4.69, 9.17) is 24.2 Å². The molecule has 112 valence electrons. The summed E-state index contributed by atoms with van der Waals surface area (Å²) < 4.78 is 15.7. The number of hydrogen-bond acceptors (Lipinski definition) is 5. The second-order valence-corrected chi connectivity index (χ2v) is 11.5. The summed E-state index contributed by atoms with van der Waals surface area (Å²) >= 11 is 0. The third kappa shape index (κ3) is 6.95. The zero-order chi connectivity index (χ0) is 15.2. The molecule has 1 rings (SSSR count). The van der Waals surface area contributed by atoms with Gasteiger partial charge in [-0.15, -0.1) is 0 Å². The Morgan fingerprint density at radius 2 is 1.90 bits per heavy atom. The molecular weight excluding hydrogens is 275 g/mol. The summed E-state index contributed by atoms with van der Waals surface area (Å²) in [6.07, 6.45) is 0. The smallest absolute Gasteiger partial charge is 0.512 e. The maximum atomic E-state index is 8.75. The largest absolute Gasteiger partial charge is 0.707 e. The summed E-state index contributed by atoms with van der Waals surface area (Å²) in [5.41, 5.74) is 0.762. The molecule has 0 aliphatic heterocycles. The van der Waals surface area contributed by atoms with Gasteiger partial charge in [-0.3, -0.25) is 0 Å². The van der Waals surface area contributed by atoms with Gasteiger partial charge in [0.2, 0.25) is 0 Å². The number of hydrogen-bond donors (Lipinski definition) is 2. The topological polar surface area (TPSA) is 68.2 Å². The molecule has 0 amide bonds. The molecule has 0 aromatic heterocycles. The minimum Gasteiger partial charge on any atom is -0.512 e. The number of ether oxygens (including phenoxy) is 2. The molecule has 0 aliphatic carbocycles. The summed E-state index contributed by atoms with van der Waals surface area (Å²) in [7, 11) is -2.88. The minimum absolute atomic E-state index is 0.215. The summed E-state index contributed by atoms with van der Waals surface area (Å²) in [6, 6.07) is 6.20. The van der Waals surface area contributed by atoms with Crippen LogP contribution in [-0.2, 0) is 4.74 Å². The van der Waals surface area contributed by atoms with Crippen molar-refractivity contribution in [3.05, 3.63) is 23.8 Å². The first kappa shape index (κ1) is 17.0. The van der Waals surface area contributed by atoms with E-state index in [0.717, 1.165) is 11.6 Å². The molecule has 2 N–H and O–H groups in total. The Morgan fingerprint density at radius 3 is 2.45 bits per heavy atom. The van der Waals surface area contributed by atoms with Gasteiger partial charge in [0.1, 0.15) is 11.5 Å². The Hall–Kier alpha value is -1.02. The molecule has 7 heteroatoms. The van der Waals surface area contributed by atoms with Crippen molar-refractivity contribution in [3.63, 3.8) is 0 Å². The fourth-order valence-corrected chi connectivity index (χ4v) is 2.26. The Morgan fingerprint density at radius 1 is 1.20 bits per heavy atom. The summed E-state index contributed by atoms with van der Waals surface area (Å²) in [4.78, 5) is 0. The Kier molecular flexibility index (Phi) is 6.54. The standard InChI is InChI=1S/C13H23BO5Si/c1-11-9-12(5-6-13(11)19-14(15)16)18-10-17-7-8-20(2,3)4/h5-6,9,15-16H,7-8,10H2,1-4H3. The van der Waals surface area contributed by atoms with Crippen molar-refractivity contribution < 1.29 is 24.2 Å². The fourth-order valence-electron chi connectivity index (χ4n) is 1.50. The first-order chi connectivity index (χ1) is 9.28. The monoisotopic (exact) mass is 298 g/mol. The van der Waals surface area contributed by atoms with Crippen LogP contribution in [0.1, 0.15) is 5.56 Å². The lowest BCUT2D eigenvalue weighted by Crippen LogP contribution is -2.22. The molecule has 0 heterocycles. The Bertz CT molecular complexity index is 420. The van der Waals surface area contributed by atoms with Gasteiger partial charge in [0.15, 0.2) is 6.79 Å². The first-order valence-electron chi connectivity index (χ1n) is 6.62. The average Bonchev–Trinajstić information content (AvgIpc) is 2.30. The van der Waals surface area contributed by atoms with Gasteiger partial charge in [0.05, 0.1) is 0 Å². The lowest BCUT2D eigenvalue weighted by molar-refractivity contribution is 0.0220. The van der Waals surface area contributed by atoms with Gasteiger partial charge in [-0.1, -0.05) is 19.6 Å². The van der Waals surface area contributed by atoms with Crippen LogP contribution in [0, 0.1) is 6.92 Å². The highest BCUT2D eigenvalue weighted by molar-refractivity contribution is 6.76. The van der Waals surface area contributed by atoms with Crippen LogP contribution in [0.25, 0.3) is 0 Å². The van der Waals surface area contributed by atoms with E-state index >= 15 is 0 Å². The van der Waals surface area contributed by atoms with Crippen molar-refractivity contribution in [2.75, 3.05) is 13.4 Å². The molecular formula is C13H23BO5Si. The molecule has 0 unspecified atom stereocenters. The Labute approximate surface area is 121 Å². The normalized spacial score (nSPS) is 11.3. The molecule has 0 fully saturated rings. The molecule has 0 aliphatic rings. The maximum Gasteiger partial charge on any atom is 0.707 e. The van der Waals surface area contributed by atoms with Gasteiger partial charge in [-0.05, 0) is 36.7 Å². The van der Waals surface area contributed by atoms with Crippen molar-refractivity contribution in [2.24, 2.45) is 0 Å². The van der Waals surface area contributed by atoms with Crippen LogP contribution < -0.4 is 9.39 Å². The van der Waals surface area contributed by atoms with Crippen molar-refractivity contribution in [1.29, 1.82) is 0 Å². The molecule has 20 heavy (non-hydrogen) atoms. The van der Waals surface area contributed by atoms with Gasteiger partial charge >= 0.3 is 7.32 Å². The molecule has 0 saturated heterocycles. The summed E-state index contributed by atoms with van der Waals surface area (Å²) in [5.74, 6) is 1.07. The van der Waals surface area contributed by atoms with Gasteiger partial charge in [-0.25, -0.2) is 0 Å². The fraction of sp³-hybridized carbons (Fsp3) is 0.538. The number of benzene rings is 1. The van der Waals surface area contributed by atoms with E-state index in [0.29, 0.717) is 18.1 Å². The second kappa shape index (κ2) is 7.68. The van der Waals surface area contributed by atoms with Gasteiger partial charge in [-0.2, -0.15) is 0 Å². The van der Waals surface area contributed by atoms with Gasteiger partial charge < -0.3 is 24.2 Å². The molecule has 0 bridgehead atoms. The van der Waals surface area contributed by atoms with Crippen molar-refractivity contribution in [2.45, 2.75) is 32.6 Å². The van der Waals surface area contributed by atoms with Crippen molar-refractivity contribution in [3.8, 4) is 11.5 Å². The van der Waals surface area contributed by atoms with E-state index in [9.17, 15) is 0 Å². The zero-order valence-corrected chi connectivity index (χ0v) is 13.5. The van der Waals surface area contributed by atoms with Crippen LogP contribution in [-0.4, -0.2) is 38.8 Å². The molecule has 0 radical (unpaired) electrons. The molecule has 0 saturated carbocycles. The lowest BCUT2D eigenvalue weighted by Gasteiger charge is -2.16. The first-order valence-corrected chi connectivity index (χ1v) is 10.3. The van der Waals surface area contributed by atoms with Gasteiger partial charge in [0.25, 0.3) is 0 Å². The maximum absolute atomic E-state index is 8.75. The van der Waals surface area contributed by atoms with E-state index in [1.807, 2.05) is 0 Å².